The number of hydrogen-bond donors (Lipinski definition) is 1. The maximum Gasteiger partial charge on any atom is 0.127 e. The highest BCUT2D eigenvalue weighted by atomic mass is 79.9. The first-order valence-electron chi connectivity index (χ1n) is 7.91. The number of hydrogen-bond acceptors (Lipinski definition) is 2. The van der Waals surface area contributed by atoms with Crippen molar-refractivity contribution < 1.29 is 4.39 Å². The van der Waals surface area contributed by atoms with E-state index < -0.39 is 0 Å². The highest BCUT2D eigenvalue weighted by Crippen LogP contribution is 2.21. The van der Waals surface area contributed by atoms with Crippen LogP contribution >= 0.6 is 15.9 Å². The molecule has 1 aliphatic rings. The van der Waals surface area contributed by atoms with Crippen molar-refractivity contribution in [2.75, 3.05) is 26.2 Å². The lowest BCUT2D eigenvalue weighted by Crippen LogP contribution is -2.40. The van der Waals surface area contributed by atoms with E-state index in [1.165, 1.54) is 12.8 Å². The fourth-order valence-electron chi connectivity index (χ4n) is 2.94. The van der Waals surface area contributed by atoms with Crippen LogP contribution in [0.5, 0.6) is 0 Å². The van der Waals surface area contributed by atoms with Gasteiger partial charge >= 0.3 is 0 Å². The number of rotatable bonds is 6. The Morgan fingerprint density at radius 3 is 3.00 bits per heavy atom. The molecule has 0 spiro atoms. The third-order valence-electron chi connectivity index (χ3n) is 3.99. The smallest absolute Gasteiger partial charge is 0.127 e. The van der Waals surface area contributed by atoms with Crippen LogP contribution in [-0.2, 0) is 6.54 Å². The summed E-state index contributed by atoms with van der Waals surface area (Å²) < 4.78 is 14.8. The van der Waals surface area contributed by atoms with Crippen LogP contribution in [0.1, 0.15) is 32.3 Å². The van der Waals surface area contributed by atoms with Gasteiger partial charge in [-0.3, -0.25) is 4.90 Å². The lowest BCUT2D eigenvalue weighted by Gasteiger charge is -2.33. The van der Waals surface area contributed by atoms with Gasteiger partial charge < -0.3 is 5.32 Å². The molecular weight excluding hydrogens is 331 g/mol. The van der Waals surface area contributed by atoms with E-state index >= 15 is 0 Å². The molecule has 1 aromatic carbocycles. The standard InChI is InChI=1S/C17H26BrFN2/c1-13(2)9-20-10-14-4-3-7-21(11-14)12-15-8-16(18)5-6-17(15)19/h5-6,8,13-14,20H,3-4,7,9-12H2,1-2H3. The monoisotopic (exact) mass is 356 g/mol. The van der Waals surface area contributed by atoms with Crippen LogP contribution in [-0.4, -0.2) is 31.1 Å². The van der Waals surface area contributed by atoms with Crippen molar-refractivity contribution in [2.45, 2.75) is 33.2 Å². The van der Waals surface area contributed by atoms with Crippen molar-refractivity contribution in [2.24, 2.45) is 11.8 Å². The summed E-state index contributed by atoms with van der Waals surface area (Å²) >= 11 is 3.43. The van der Waals surface area contributed by atoms with Gasteiger partial charge in [-0.2, -0.15) is 0 Å². The first kappa shape index (κ1) is 16.9. The fourth-order valence-corrected chi connectivity index (χ4v) is 3.35. The largest absolute Gasteiger partial charge is 0.316 e. The second kappa shape index (κ2) is 8.25. The molecule has 1 aliphatic heterocycles. The summed E-state index contributed by atoms with van der Waals surface area (Å²) in [7, 11) is 0. The normalized spacial score (nSPS) is 20.1. The van der Waals surface area contributed by atoms with Gasteiger partial charge in [-0.1, -0.05) is 29.8 Å². The molecule has 1 fully saturated rings. The molecule has 0 radical (unpaired) electrons. The lowest BCUT2D eigenvalue weighted by atomic mass is 9.97. The molecule has 1 atom stereocenters. The van der Waals surface area contributed by atoms with Crippen LogP contribution in [0.15, 0.2) is 22.7 Å². The van der Waals surface area contributed by atoms with Gasteiger partial charge in [0.25, 0.3) is 0 Å². The summed E-state index contributed by atoms with van der Waals surface area (Å²) in [5, 5.41) is 3.55. The Balaban J connectivity index is 1.84. The number of nitrogens with one attached hydrogen (secondary N) is 1. The molecule has 2 nitrogen and oxygen atoms in total. The Hall–Kier alpha value is -0.450. The van der Waals surface area contributed by atoms with Crippen molar-refractivity contribution in [1.82, 2.24) is 10.2 Å². The number of halogens is 2. The number of piperidine rings is 1. The van der Waals surface area contributed by atoms with Crippen molar-refractivity contribution in [3.8, 4) is 0 Å². The van der Waals surface area contributed by atoms with E-state index in [1.54, 1.807) is 12.1 Å². The van der Waals surface area contributed by atoms with E-state index in [2.05, 4.69) is 40.0 Å². The minimum atomic E-state index is -0.0988. The molecule has 0 aliphatic carbocycles. The highest BCUT2D eigenvalue weighted by molar-refractivity contribution is 9.10. The lowest BCUT2D eigenvalue weighted by molar-refractivity contribution is 0.163. The second-order valence-corrected chi connectivity index (χ2v) is 7.45. The Kier molecular flexibility index (Phi) is 6.65. The van der Waals surface area contributed by atoms with Crippen molar-refractivity contribution in [3.63, 3.8) is 0 Å². The molecule has 21 heavy (non-hydrogen) atoms. The van der Waals surface area contributed by atoms with Crippen molar-refractivity contribution >= 4 is 15.9 Å². The zero-order valence-corrected chi connectivity index (χ0v) is 14.6. The van der Waals surface area contributed by atoms with Gasteiger partial charge in [0.05, 0.1) is 0 Å². The second-order valence-electron chi connectivity index (χ2n) is 6.53. The molecule has 118 valence electrons. The molecule has 1 aromatic rings. The zero-order chi connectivity index (χ0) is 15.2. The third-order valence-corrected chi connectivity index (χ3v) is 4.48. The predicted molar refractivity (Wildman–Crippen MR) is 89.8 cm³/mol. The Bertz CT molecular complexity index is 450. The molecule has 0 bridgehead atoms. The first-order valence-corrected chi connectivity index (χ1v) is 8.71. The first-order chi connectivity index (χ1) is 10.0. The van der Waals surface area contributed by atoms with Gasteiger partial charge in [-0.15, -0.1) is 0 Å². The van der Waals surface area contributed by atoms with Crippen LogP contribution in [0.25, 0.3) is 0 Å². The summed E-state index contributed by atoms with van der Waals surface area (Å²) in [5.74, 6) is 1.28. The number of likely N-dealkylation sites (tertiary alicyclic amines) is 1. The topological polar surface area (TPSA) is 15.3 Å². The van der Waals surface area contributed by atoms with Gasteiger partial charge in [0, 0.05) is 23.1 Å². The number of nitrogens with zero attached hydrogens (tertiary/aromatic N) is 1. The van der Waals surface area contributed by atoms with E-state index in [1.807, 2.05) is 6.07 Å². The van der Waals surface area contributed by atoms with E-state index in [0.717, 1.165) is 36.2 Å². The molecule has 2 rings (SSSR count). The molecule has 1 unspecified atom stereocenters. The minimum Gasteiger partial charge on any atom is -0.316 e. The Morgan fingerprint density at radius 1 is 1.43 bits per heavy atom. The maximum absolute atomic E-state index is 13.9. The van der Waals surface area contributed by atoms with Crippen molar-refractivity contribution in [1.29, 1.82) is 0 Å². The maximum atomic E-state index is 13.9. The van der Waals surface area contributed by atoms with Crippen molar-refractivity contribution in [3.05, 3.63) is 34.1 Å². The summed E-state index contributed by atoms with van der Waals surface area (Å²) in [6.07, 6.45) is 2.49. The quantitative estimate of drug-likeness (QED) is 0.827. The van der Waals surface area contributed by atoms with Crippen LogP contribution in [0.3, 0.4) is 0 Å². The highest BCUT2D eigenvalue weighted by Gasteiger charge is 2.20. The van der Waals surface area contributed by atoms with Gasteiger partial charge in [-0.05, 0) is 62.5 Å². The van der Waals surface area contributed by atoms with Crippen LogP contribution in [0, 0.1) is 17.7 Å². The Labute approximate surface area is 136 Å². The number of benzene rings is 1. The average molecular weight is 357 g/mol. The fraction of sp³-hybridized carbons (Fsp3) is 0.647. The molecule has 0 aromatic heterocycles. The van der Waals surface area contributed by atoms with E-state index in [9.17, 15) is 4.39 Å². The van der Waals surface area contributed by atoms with Gasteiger partial charge in [-0.25, -0.2) is 4.39 Å². The van der Waals surface area contributed by atoms with Crippen LogP contribution in [0.4, 0.5) is 4.39 Å². The van der Waals surface area contributed by atoms with Gasteiger partial charge in [0.2, 0.25) is 0 Å². The van der Waals surface area contributed by atoms with E-state index in [-0.39, 0.29) is 5.82 Å². The molecule has 4 heteroatoms. The SMILES string of the molecule is CC(C)CNCC1CCCN(Cc2cc(Br)ccc2F)C1. The average Bonchev–Trinajstić information content (AvgIpc) is 2.43. The molecule has 0 amide bonds. The van der Waals surface area contributed by atoms with Crippen LogP contribution in [0.2, 0.25) is 0 Å². The summed E-state index contributed by atoms with van der Waals surface area (Å²) in [6, 6.07) is 5.20. The van der Waals surface area contributed by atoms with Gasteiger partial charge in [0.15, 0.2) is 0 Å². The Morgan fingerprint density at radius 2 is 2.24 bits per heavy atom. The summed E-state index contributed by atoms with van der Waals surface area (Å²) in [5.41, 5.74) is 0.792. The minimum absolute atomic E-state index is 0.0988. The van der Waals surface area contributed by atoms with Gasteiger partial charge in [0.1, 0.15) is 5.82 Å². The van der Waals surface area contributed by atoms with E-state index in [0.29, 0.717) is 18.4 Å². The molecule has 1 heterocycles. The summed E-state index contributed by atoms with van der Waals surface area (Å²) in [6.45, 7) is 9.48. The molecule has 1 saturated heterocycles. The molecule has 0 saturated carbocycles. The molecule has 1 N–H and O–H groups in total. The van der Waals surface area contributed by atoms with E-state index in [4.69, 9.17) is 0 Å². The van der Waals surface area contributed by atoms with Crippen LogP contribution < -0.4 is 5.32 Å². The molecular formula is C17H26BrFN2. The summed E-state index contributed by atoms with van der Waals surface area (Å²) in [4.78, 5) is 2.38. The predicted octanol–water partition coefficient (Wildman–Crippen LogP) is 4.05. The third kappa shape index (κ3) is 5.68. The zero-order valence-electron chi connectivity index (χ0n) is 13.0.